The third-order valence-electron chi connectivity index (χ3n) is 1.47. The highest BCUT2D eigenvalue weighted by Gasteiger charge is 2.21. The van der Waals surface area contributed by atoms with Crippen molar-refractivity contribution in [3.05, 3.63) is 31.2 Å². The molecule has 0 spiro atoms. The number of hydrogen-bond acceptors (Lipinski definition) is 2. The maximum Gasteiger partial charge on any atom is 0.269 e. The van der Waals surface area contributed by atoms with Gasteiger partial charge in [-0.15, -0.1) is 0 Å². The lowest BCUT2D eigenvalue weighted by Crippen LogP contribution is -2.18. The zero-order chi connectivity index (χ0) is 10.9. The van der Waals surface area contributed by atoms with E-state index in [-0.39, 0.29) is 3.70 Å². The molecule has 0 fully saturated rings. The van der Waals surface area contributed by atoms with E-state index in [1.165, 1.54) is 0 Å². The van der Waals surface area contributed by atoms with Gasteiger partial charge in [-0.1, -0.05) is 0 Å². The van der Waals surface area contributed by atoms with Crippen molar-refractivity contribution >= 4 is 39.4 Å². The molecular weight excluding hydrogens is 330 g/mol. The molecule has 0 aliphatic carbocycles. The Hall–Kier alpha value is -0.500. The molecule has 1 aromatic rings. The number of H-pyrrole nitrogens is 1. The number of pyridine rings is 1. The average Bonchev–Trinajstić information content (AvgIpc) is 2.01. The Balaban J connectivity index is 3.53. The van der Waals surface area contributed by atoms with E-state index in [1.54, 1.807) is 22.6 Å². The van der Waals surface area contributed by atoms with Crippen molar-refractivity contribution in [2.24, 2.45) is 0 Å². The molecule has 1 aromatic heterocycles. The normalized spacial score (nSPS) is 10.6. The van der Waals surface area contributed by atoms with Crippen molar-refractivity contribution < 1.29 is 13.6 Å². The molecule has 0 aromatic carbocycles. The molecule has 0 aliphatic rings. The van der Waals surface area contributed by atoms with E-state index in [9.17, 15) is 18.4 Å². The van der Waals surface area contributed by atoms with Crippen LogP contribution in [0.25, 0.3) is 0 Å². The lowest BCUT2D eigenvalue weighted by Gasteiger charge is -2.03. The average molecular weight is 333 g/mol. The summed E-state index contributed by atoms with van der Waals surface area (Å²) in [5.74, 6) is 0. The highest BCUT2D eigenvalue weighted by molar-refractivity contribution is 14.1. The summed E-state index contributed by atoms with van der Waals surface area (Å²) in [5.41, 5.74) is -2.32. The molecule has 3 nitrogen and oxygen atoms in total. The van der Waals surface area contributed by atoms with E-state index in [0.717, 1.165) is 6.07 Å². The number of hydrogen-bond donors (Lipinski definition) is 1. The zero-order valence-electron chi connectivity index (χ0n) is 6.48. The highest BCUT2D eigenvalue weighted by Crippen LogP contribution is 2.21. The molecular formula is C7H3ClF2INO2. The molecule has 14 heavy (non-hydrogen) atoms. The SMILES string of the molecule is O=C(Cl)c1cc(I)[nH]c(=O)c1C(F)F. The quantitative estimate of drug-likeness (QED) is 0.513. The molecule has 0 saturated heterocycles. The van der Waals surface area contributed by atoms with Crippen LogP contribution in [-0.2, 0) is 0 Å². The Morgan fingerprint density at radius 2 is 2.14 bits per heavy atom. The Bertz CT molecular complexity index is 432. The summed E-state index contributed by atoms with van der Waals surface area (Å²) in [6.07, 6.45) is -3.02. The Labute approximate surface area is 95.6 Å². The smallest absolute Gasteiger partial charge is 0.269 e. The fraction of sp³-hybridized carbons (Fsp3) is 0.143. The van der Waals surface area contributed by atoms with Crippen LogP contribution in [0.4, 0.5) is 8.78 Å². The molecule has 1 N–H and O–H groups in total. The molecule has 76 valence electrons. The topological polar surface area (TPSA) is 49.9 Å². The summed E-state index contributed by atoms with van der Waals surface area (Å²) in [5, 5.41) is -1.07. The number of carbonyl (C=O) groups is 1. The number of nitrogens with one attached hydrogen (secondary N) is 1. The Kier molecular flexibility index (Phi) is 3.59. The van der Waals surface area contributed by atoms with E-state index in [4.69, 9.17) is 11.6 Å². The van der Waals surface area contributed by atoms with Gasteiger partial charge in [0.15, 0.2) is 0 Å². The van der Waals surface area contributed by atoms with Crippen LogP contribution in [0.5, 0.6) is 0 Å². The van der Waals surface area contributed by atoms with Crippen LogP contribution in [0.15, 0.2) is 10.9 Å². The van der Waals surface area contributed by atoms with Gasteiger partial charge in [-0.05, 0) is 40.3 Å². The predicted molar refractivity (Wildman–Crippen MR) is 54.9 cm³/mol. The maximum absolute atomic E-state index is 12.3. The third kappa shape index (κ3) is 2.30. The van der Waals surface area contributed by atoms with Gasteiger partial charge >= 0.3 is 0 Å². The fourth-order valence-corrected chi connectivity index (χ4v) is 1.63. The van der Waals surface area contributed by atoms with Gasteiger partial charge in [0.1, 0.15) is 0 Å². The number of aromatic nitrogens is 1. The summed E-state index contributed by atoms with van der Waals surface area (Å²) < 4.78 is 25.0. The van der Waals surface area contributed by atoms with Gasteiger partial charge in [-0.25, -0.2) is 8.78 Å². The molecule has 0 amide bonds. The van der Waals surface area contributed by atoms with Crippen molar-refractivity contribution in [2.45, 2.75) is 6.43 Å². The molecule has 0 atom stereocenters. The molecule has 0 saturated carbocycles. The number of aromatic amines is 1. The molecule has 0 radical (unpaired) electrons. The summed E-state index contributed by atoms with van der Waals surface area (Å²) in [6.45, 7) is 0. The molecule has 1 rings (SSSR count). The summed E-state index contributed by atoms with van der Waals surface area (Å²) >= 11 is 6.76. The number of carbonyl (C=O) groups excluding carboxylic acids is 1. The van der Waals surface area contributed by atoms with Gasteiger partial charge < -0.3 is 4.98 Å². The zero-order valence-corrected chi connectivity index (χ0v) is 9.40. The standard InChI is InChI=1S/C7H3ClF2INO2/c8-5(13)2-1-3(11)12-7(14)4(2)6(9)10/h1,6H,(H,12,14). The van der Waals surface area contributed by atoms with Crippen LogP contribution < -0.4 is 5.56 Å². The number of alkyl halides is 2. The van der Waals surface area contributed by atoms with Gasteiger partial charge in [0.25, 0.3) is 17.2 Å². The van der Waals surface area contributed by atoms with E-state index in [2.05, 4.69) is 4.98 Å². The van der Waals surface area contributed by atoms with Gasteiger partial charge in [0.2, 0.25) is 0 Å². The lowest BCUT2D eigenvalue weighted by molar-refractivity contribution is 0.106. The molecule has 0 unspecified atom stereocenters. The minimum Gasteiger partial charge on any atom is -0.317 e. The van der Waals surface area contributed by atoms with Crippen LogP contribution in [0.2, 0.25) is 0 Å². The van der Waals surface area contributed by atoms with E-state index < -0.39 is 28.4 Å². The molecule has 0 aliphatic heterocycles. The fourth-order valence-electron chi connectivity index (χ4n) is 0.918. The van der Waals surface area contributed by atoms with Crippen molar-refractivity contribution in [3.8, 4) is 0 Å². The van der Waals surface area contributed by atoms with Gasteiger partial charge in [-0.3, -0.25) is 9.59 Å². The van der Waals surface area contributed by atoms with Gasteiger partial charge in [0, 0.05) is 0 Å². The third-order valence-corrected chi connectivity index (χ3v) is 2.25. The number of halogens is 4. The first-order valence-electron chi connectivity index (χ1n) is 3.34. The predicted octanol–water partition coefficient (Wildman–Crippen LogP) is 2.30. The first kappa shape index (κ1) is 11.6. The van der Waals surface area contributed by atoms with Crippen molar-refractivity contribution in [1.82, 2.24) is 4.98 Å². The monoisotopic (exact) mass is 333 g/mol. The van der Waals surface area contributed by atoms with Gasteiger partial charge in [0.05, 0.1) is 14.8 Å². The van der Waals surface area contributed by atoms with Crippen LogP contribution in [-0.4, -0.2) is 10.2 Å². The largest absolute Gasteiger partial charge is 0.317 e. The van der Waals surface area contributed by atoms with Crippen LogP contribution in [0, 0.1) is 3.70 Å². The maximum atomic E-state index is 12.3. The summed E-state index contributed by atoms with van der Waals surface area (Å²) in [4.78, 5) is 24.0. The lowest BCUT2D eigenvalue weighted by atomic mass is 10.1. The molecule has 0 bridgehead atoms. The number of rotatable bonds is 2. The highest BCUT2D eigenvalue weighted by atomic mass is 127. The van der Waals surface area contributed by atoms with Crippen LogP contribution in [0.1, 0.15) is 22.3 Å². The second-order valence-electron chi connectivity index (χ2n) is 2.35. The van der Waals surface area contributed by atoms with E-state index >= 15 is 0 Å². The van der Waals surface area contributed by atoms with E-state index in [0.29, 0.717) is 0 Å². The Morgan fingerprint density at radius 1 is 1.57 bits per heavy atom. The Morgan fingerprint density at radius 3 is 2.57 bits per heavy atom. The molecule has 7 heteroatoms. The van der Waals surface area contributed by atoms with Crippen LogP contribution >= 0.6 is 34.2 Å². The van der Waals surface area contributed by atoms with Gasteiger partial charge in [-0.2, -0.15) is 0 Å². The van der Waals surface area contributed by atoms with Crippen molar-refractivity contribution in [3.63, 3.8) is 0 Å². The summed E-state index contributed by atoms with van der Waals surface area (Å²) in [6, 6.07) is 1.11. The molecule has 1 heterocycles. The minimum absolute atomic E-state index is 0.279. The van der Waals surface area contributed by atoms with E-state index in [1.807, 2.05) is 0 Å². The van der Waals surface area contributed by atoms with Crippen molar-refractivity contribution in [1.29, 1.82) is 0 Å². The van der Waals surface area contributed by atoms with Crippen LogP contribution in [0.3, 0.4) is 0 Å². The first-order chi connectivity index (χ1) is 6.43. The summed E-state index contributed by atoms with van der Waals surface area (Å²) in [7, 11) is 0. The minimum atomic E-state index is -3.02. The van der Waals surface area contributed by atoms with Crippen molar-refractivity contribution in [2.75, 3.05) is 0 Å². The first-order valence-corrected chi connectivity index (χ1v) is 4.80. The second kappa shape index (κ2) is 4.35. The second-order valence-corrected chi connectivity index (χ2v) is 3.85.